The van der Waals surface area contributed by atoms with Crippen molar-refractivity contribution < 1.29 is 14.1 Å². The third-order valence-corrected chi connectivity index (χ3v) is 6.49. The quantitative estimate of drug-likeness (QED) is 0.357. The summed E-state index contributed by atoms with van der Waals surface area (Å²) < 4.78 is 5.36. The SMILES string of the molecule is O=C(Nc1cc(C2CCCCN2C(=O)Cc2noc3ccccc23)[nH]n1)c1ccc2[nH]ncc2c1. The molecule has 0 spiro atoms. The number of piperidine rings is 1. The summed E-state index contributed by atoms with van der Waals surface area (Å²) in [5.41, 5.74) is 3.49. The highest BCUT2D eigenvalue weighted by Gasteiger charge is 2.30. The number of hydrogen-bond acceptors (Lipinski definition) is 6. The Labute approximate surface area is 199 Å². The van der Waals surface area contributed by atoms with E-state index in [0.29, 0.717) is 29.2 Å². The fraction of sp³-hybridized carbons (Fsp3) is 0.240. The standard InChI is InChI=1S/C25H23N7O3/c33-24(13-19-17-5-1-2-7-22(17)35-31-19)32-10-4-3-6-21(32)20-12-23(30-29-20)27-25(34)15-8-9-18-16(11-15)14-26-28-18/h1-2,5,7-9,11-12,14,21H,3-4,6,10,13H2,(H,26,28)(H2,27,29,30,34). The second-order valence-electron chi connectivity index (χ2n) is 8.74. The van der Waals surface area contributed by atoms with Crippen LogP contribution in [0.4, 0.5) is 5.82 Å². The molecular weight excluding hydrogens is 446 g/mol. The Hall–Kier alpha value is -4.47. The summed E-state index contributed by atoms with van der Waals surface area (Å²) >= 11 is 0. The van der Waals surface area contributed by atoms with E-state index in [0.717, 1.165) is 41.2 Å². The molecule has 1 atom stereocenters. The molecule has 0 bridgehead atoms. The van der Waals surface area contributed by atoms with Crippen LogP contribution in [0.25, 0.3) is 21.9 Å². The third-order valence-electron chi connectivity index (χ3n) is 6.49. The number of para-hydroxylation sites is 1. The predicted molar refractivity (Wildman–Crippen MR) is 129 cm³/mol. The van der Waals surface area contributed by atoms with Crippen LogP contribution in [-0.4, -0.2) is 48.8 Å². The number of likely N-dealkylation sites (tertiary alicyclic amines) is 1. The van der Waals surface area contributed by atoms with Gasteiger partial charge in [0.2, 0.25) is 5.91 Å². The molecule has 2 aromatic carbocycles. The van der Waals surface area contributed by atoms with Crippen LogP contribution in [0.5, 0.6) is 0 Å². The van der Waals surface area contributed by atoms with Crippen molar-refractivity contribution in [2.75, 3.05) is 11.9 Å². The number of aromatic nitrogens is 5. The normalized spacial score (nSPS) is 16.1. The topological polar surface area (TPSA) is 133 Å². The van der Waals surface area contributed by atoms with Crippen molar-refractivity contribution in [3.63, 3.8) is 0 Å². The average Bonchev–Trinajstić information content (AvgIpc) is 3.64. The maximum atomic E-state index is 13.3. The molecule has 1 saturated heterocycles. The molecule has 5 aromatic rings. The smallest absolute Gasteiger partial charge is 0.256 e. The number of H-pyrrole nitrogens is 2. The summed E-state index contributed by atoms with van der Waals surface area (Å²) in [7, 11) is 0. The van der Waals surface area contributed by atoms with Gasteiger partial charge in [-0.25, -0.2) is 0 Å². The molecule has 6 rings (SSSR count). The van der Waals surface area contributed by atoms with Crippen molar-refractivity contribution in [3.8, 4) is 0 Å². The van der Waals surface area contributed by atoms with Crippen LogP contribution in [0.3, 0.4) is 0 Å². The second kappa shape index (κ2) is 8.71. The minimum atomic E-state index is -0.263. The van der Waals surface area contributed by atoms with E-state index in [1.807, 2.05) is 35.2 Å². The number of hydrogen-bond donors (Lipinski definition) is 3. The van der Waals surface area contributed by atoms with Crippen LogP contribution in [0.2, 0.25) is 0 Å². The lowest BCUT2D eigenvalue weighted by Gasteiger charge is -2.35. The van der Waals surface area contributed by atoms with Crippen LogP contribution < -0.4 is 5.32 Å². The molecule has 0 saturated carbocycles. The summed E-state index contributed by atoms with van der Waals surface area (Å²) in [5.74, 6) is 0.140. The first-order chi connectivity index (χ1) is 17.2. The van der Waals surface area contributed by atoms with Gasteiger partial charge in [-0.2, -0.15) is 10.2 Å². The highest BCUT2D eigenvalue weighted by atomic mass is 16.5. The summed E-state index contributed by atoms with van der Waals surface area (Å²) in [6.07, 6.45) is 4.61. The van der Waals surface area contributed by atoms with Gasteiger partial charge in [-0.15, -0.1) is 0 Å². The Bertz CT molecular complexity index is 1530. The molecular formula is C25H23N7O3. The molecule has 1 fully saturated rings. The van der Waals surface area contributed by atoms with Gasteiger partial charge in [-0.05, 0) is 49.6 Å². The van der Waals surface area contributed by atoms with Crippen LogP contribution in [-0.2, 0) is 11.2 Å². The van der Waals surface area contributed by atoms with Crippen LogP contribution >= 0.6 is 0 Å². The van der Waals surface area contributed by atoms with Gasteiger partial charge in [0.05, 0.1) is 29.9 Å². The molecule has 176 valence electrons. The second-order valence-corrected chi connectivity index (χ2v) is 8.74. The van der Waals surface area contributed by atoms with Crippen molar-refractivity contribution >= 4 is 39.5 Å². The van der Waals surface area contributed by atoms with E-state index in [1.54, 1.807) is 24.4 Å². The van der Waals surface area contributed by atoms with Gasteiger partial charge in [-0.3, -0.25) is 19.8 Å². The van der Waals surface area contributed by atoms with E-state index in [4.69, 9.17) is 4.52 Å². The fourth-order valence-corrected chi connectivity index (χ4v) is 4.71. The van der Waals surface area contributed by atoms with Gasteiger partial charge < -0.3 is 14.7 Å². The first-order valence-electron chi connectivity index (χ1n) is 11.6. The lowest BCUT2D eigenvalue weighted by molar-refractivity contribution is -0.134. The molecule has 3 aromatic heterocycles. The van der Waals surface area contributed by atoms with E-state index in [2.05, 4.69) is 30.9 Å². The summed E-state index contributed by atoms with van der Waals surface area (Å²) in [6.45, 7) is 0.657. The fourth-order valence-electron chi connectivity index (χ4n) is 4.71. The molecule has 0 radical (unpaired) electrons. The number of anilines is 1. The third kappa shape index (κ3) is 4.03. The first kappa shape index (κ1) is 21.1. The molecule has 10 heteroatoms. The zero-order chi connectivity index (χ0) is 23.8. The maximum absolute atomic E-state index is 13.3. The Kier molecular flexibility index (Phi) is 5.25. The Morgan fingerprint density at radius 2 is 2.03 bits per heavy atom. The number of amides is 2. The zero-order valence-electron chi connectivity index (χ0n) is 18.8. The molecule has 3 N–H and O–H groups in total. The first-order valence-corrected chi connectivity index (χ1v) is 11.6. The van der Waals surface area contributed by atoms with Crippen molar-refractivity contribution in [3.05, 3.63) is 71.7 Å². The molecule has 1 aliphatic rings. The number of nitrogens with one attached hydrogen (secondary N) is 3. The van der Waals surface area contributed by atoms with Gasteiger partial charge in [-0.1, -0.05) is 17.3 Å². The Morgan fingerprint density at radius 1 is 1.11 bits per heavy atom. The molecule has 2 amide bonds. The maximum Gasteiger partial charge on any atom is 0.256 e. The van der Waals surface area contributed by atoms with Crippen molar-refractivity contribution in [2.45, 2.75) is 31.7 Å². The van der Waals surface area contributed by atoms with Gasteiger partial charge in [0.1, 0.15) is 5.69 Å². The number of fused-ring (bicyclic) bond motifs is 2. The lowest BCUT2D eigenvalue weighted by Crippen LogP contribution is -2.39. The summed E-state index contributed by atoms with van der Waals surface area (Å²) in [4.78, 5) is 27.9. The van der Waals surface area contributed by atoms with E-state index in [9.17, 15) is 9.59 Å². The Balaban J connectivity index is 1.18. The molecule has 1 aliphatic heterocycles. The van der Waals surface area contributed by atoms with E-state index in [-0.39, 0.29) is 24.3 Å². The van der Waals surface area contributed by atoms with Crippen LogP contribution in [0.1, 0.15) is 47.1 Å². The summed E-state index contributed by atoms with van der Waals surface area (Å²) in [6, 6.07) is 14.5. The van der Waals surface area contributed by atoms with E-state index in [1.165, 1.54) is 0 Å². The van der Waals surface area contributed by atoms with E-state index < -0.39 is 0 Å². The van der Waals surface area contributed by atoms with Gasteiger partial charge in [0, 0.05) is 28.9 Å². The molecule has 1 unspecified atom stereocenters. The minimum Gasteiger partial charge on any atom is -0.356 e. The number of carbonyl (C=O) groups excluding carboxylic acids is 2. The van der Waals surface area contributed by atoms with Gasteiger partial charge in [0.15, 0.2) is 11.4 Å². The highest BCUT2D eigenvalue weighted by Crippen LogP contribution is 2.32. The minimum absolute atomic E-state index is 0.0117. The monoisotopic (exact) mass is 469 g/mol. The summed E-state index contributed by atoms with van der Waals surface area (Å²) in [5, 5.41) is 22.8. The largest absolute Gasteiger partial charge is 0.356 e. The van der Waals surface area contributed by atoms with Crippen molar-refractivity contribution in [1.29, 1.82) is 0 Å². The number of aromatic amines is 2. The molecule has 10 nitrogen and oxygen atoms in total. The van der Waals surface area contributed by atoms with Crippen molar-refractivity contribution in [2.24, 2.45) is 0 Å². The number of rotatable bonds is 5. The number of nitrogens with zero attached hydrogens (tertiary/aromatic N) is 4. The van der Waals surface area contributed by atoms with Crippen LogP contribution in [0.15, 0.2) is 59.3 Å². The highest BCUT2D eigenvalue weighted by molar-refractivity contribution is 6.05. The number of carbonyl (C=O) groups is 2. The molecule has 0 aliphatic carbocycles. The average molecular weight is 470 g/mol. The van der Waals surface area contributed by atoms with Gasteiger partial charge in [0.25, 0.3) is 5.91 Å². The van der Waals surface area contributed by atoms with Gasteiger partial charge >= 0.3 is 0 Å². The molecule has 4 heterocycles. The lowest BCUT2D eigenvalue weighted by atomic mass is 9.98. The van der Waals surface area contributed by atoms with Crippen molar-refractivity contribution in [1.82, 2.24) is 30.5 Å². The number of benzene rings is 2. The zero-order valence-corrected chi connectivity index (χ0v) is 18.8. The van der Waals surface area contributed by atoms with Crippen LogP contribution in [0, 0.1) is 0 Å². The van der Waals surface area contributed by atoms with E-state index >= 15 is 0 Å². The molecule has 35 heavy (non-hydrogen) atoms. The predicted octanol–water partition coefficient (Wildman–Crippen LogP) is 3.98. The Morgan fingerprint density at radius 3 is 2.97 bits per heavy atom.